The molecule has 4 rings (SSSR count). The molecule has 0 bridgehead atoms. The van der Waals surface area contributed by atoms with Crippen molar-refractivity contribution in [1.82, 2.24) is 15.3 Å². The molecule has 2 heterocycles. The number of carbonyl (C=O) groups is 1. The molecule has 0 saturated carbocycles. The summed E-state index contributed by atoms with van der Waals surface area (Å²) in [6, 6.07) is 15.0. The molecule has 0 atom stereocenters. The van der Waals surface area contributed by atoms with E-state index in [2.05, 4.69) is 15.3 Å². The Hall–Kier alpha value is -4.27. The number of fused-ring (bicyclic) bond motifs is 1. The zero-order chi connectivity index (χ0) is 21.1. The number of methoxy groups -OCH3 is 1. The van der Waals surface area contributed by atoms with E-state index in [0.29, 0.717) is 17.1 Å². The molecule has 1 N–H and O–H groups in total. The number of nitrogens with one attached hydrogen (secondary N) is 1. The summed E-state index contributed by atoms with van der Waals surface area (Å²) in [5.41, 5.74) is 2.70. The van der Waals surface area contributed by atoms with Gasteiger partial charge in [0.25, 0.3) is 5.91 Å². The van der Waals surface area contributed by atoms with Crippen LogP contribution in [0.3, 0.4) is 0 Å². The monoisotopic (exact) mass is 404 g/mol. The first-order chi connectivity index (χ1) is 14.5. The van der Waals surface area contributed by atoms with Gasteiger partial charge in [-0.3, -0.25) is 14.9 Å². The molecule has 0 fully saturated rings. The summed E-state index contributed by atoms with van der Waals surface area (Å²) in [6.07, 6.45) is 1.65. The molecule has 0 unspecified atom stereocenters. The van der Waals surface area contributed by atoms with Crippen molar-refractivity contribution < 1.29 is 18.9 Å². The molecular weight excluding hydrogens is 388 g/mol. The lowest BCUT2D eigenvalue weighted by Crippen LogP contribution is -2.22. The number of benzene rings is 2. The van der Waals surface area contributed by atoms with E-state index >= 15 is 0 Å². The first-order valence-corrected chi connectivity index (χ1v) is 8.96. The maximum Gasteiger partial charge on any atom is 0.311 e. The molecular formula is C21H16N4O5. The summed E-state index contributed by atoms with van der Waals surface area (Å²) >= 11 is 0. The molecule has 150 valence electrons. The van der Waals surface area contributed by atoms with Gasteiger partial charge in [0, 0.05) is 29.9 Å². The summed E-state index contributed by atoms with van der Waals surface area (Å²) in [7, 11) is 1.34. The van der Waals surface area contributed by atoms with Crippen LogP contribution >= 0.6 is 0 Å². The number of carbonyl (C=O) groups excluding carboxylic acids is 1. The molecule has 9 heteroatoms. The standard InChI is InChI=1S/C21H16N4O5/c1-29-17-9-8-15(11-16(17)25(27)28)20(26)23-12-13-4-6-14(7-5-13)21-24-19-18(30-21)3-2-10-22-19/h2-11H,12H2,1H3,(H,23,26). The van der Waals surface area contributed by atoms with Gasteiger partial charge in [-0.15, -0.1) is 0 Å². The number of nitrogens with zero attached hydrogens (tertiary/aromatic N) is 3. The largest absolute Gasteiger partial charge is 0.490 e. The summed E-state index contributed by atoms with van der Waals surface area (Å²) in [6.45, 7) is 0.258. The van der Waals surface area contributed by atoms with Crippen LogP contribution in [0.15, 0.2) is 65.2 Å². The second kappa shape index (κ2) is 8.00. The van der Waals surface area contributed by atoms with Gasteiger partial charge in [-0.2, -0.15) is 4.98 Å². The lowest BCUT2D eigenvalue weighted by Gasteiger charge is -2.07. The van der Waals surface area contributed by atoms with Crippen LogP contribution in [0, 0.1) is 10.1 Å². The molecule has 9 nitrogen and oxygen atoms in total. The summed E-state index contributed by atoms with van der Waals surface area (Å²) in [4.78, 5) is 31.4. The maximum atomic E-state index is 12.4. The van der Waals surface area contributed by atoms with Gasteiger partial charge in [-0.1, -0.05) is 12.1 Å². The van der Waals surface area contributed by atoms with Gasteiger partial charge in [-0.05, 0) is 42.0 Å². The molecule has 0 aliphatic rings. The zero-order valence-corrected chi connectivity index (χ0v) is 15.9. The number of hydrogen-bond acceptors (Lipinski definition) is 7. The molecule has 30 heavy (non-hydrogen) atoms. The van der Waals surface area contributed by atoms with E-state index in [1.165, 1.54) is 25.3 Å². The van der Waals surface area contributed by atoms with Gasteiger partial charge in [0.1, 0.15) is 0 Å². The SMILES string of the molecule is COc1ccc(C(=O)NCc2ccc(-c3nc4ncccc4o3)cc2)cc1[N+](=O)[O-]. The first-order valence-electron chi connectivity index (χ1n) is 8.96. The van der Waals surface area contributed by atoms with Crippen LogP contribution in [0.5, 0.6) is 5.75 Å². The molecule has 0 saturated heterocycles. The predicted octanol–water partition coefficient (Wildman–Crippen LogP) is 3.74. The summed E-state index contributed by atoms with van der Waals surface area (Å²) in [5.74, 6) is 0.140. The second-order valence-electron chi connectivity index (χ2n) is 6.37. The van der Waals surface area contributed by atoms with Crippen LogP contribution in [-0.2, 0) is 6.54 Å². The van der Waals surface area contributed by atoms with E-state index in [0.717, 1.165) is 11.1 Å². The number of nitro groups is 1. The Morgan fingerprint density at radius 1 is 1.20 bits per heavy atom. The third kappa shape index (κ3) is 3.81. The average molecular weight is 404 g/mol. The summed E-state index contributed by atoms with van der Waals surface area (Å²) < 4.78 is 10.6. The Morgan fingerprint density at radius 2 is 2.00 bits per heavy atom. The quantitative estimate of drug-likeness (QED) is 0.384. The fourth-order valence-electron chi connectivity index (χ4n) is 2.92. The second-order valence-corrected chi connectivity index (χ2v) is 6.37. The highest BCUT2D eigenvalue weighted by atomic mass is 16.6. The third-order valence-corrected chi connectivity index (χ3v) is 4.46. The highest BCUT2D eigenvalue weighted by Gasteiger charge is 2.18. The summed E-state index contributed by atoms with van der Waals surface area (Å²) in [5, 5.41) is 13.9. The highest BCUT2D eigenvalue weighted by molar-refractivity contribution is 5.95. The third-order valence-electron chi connectivity index (χ3n) is 4.46. The van der Waals surface area contributed by atoms with Crippen LogP contribution < -0.4 is 10.1 Å². The van der Waals surface area contributed by atoms with Crippen LogP contribution in [0.4, 0.5) is 5.69 Å². The Balaban J connectivity index is 1.44. The van der Waals surface area contributed by atoms with E-state index in [1.54, 1.807) is 18.3 Å². The maximum absolute atomic E-state index is 12.4. The van der Waals surface area contributed by atoms with Crippen LogP contribution in [0.2, 0.25) is 0 Å². The van der Waals surface area contributed by atoms with E-state index in [-0.39, 0.29) is 23.5 Å². The van der Waals surface area contributed by atoms with Gasteiger partial charge in [0.05, 0.1) is 12.0 Å². The molecule has 4 aromatic rings. The zero-order valence-electron chi connectivity index (χ0n) is 15.9. The predicted molar refractivity (Wildman–Crippen MR) is 108 cm³/mol. The molecule has 1 amide bonds. The molecule has 0 radical (unpaired) electrons. The van der Waals surface area contributed by atoms with E-state index in [4.69, 9.17) is 9.15 Å². The van der Waals surface area contributed by atoms with Crippen molar-refractivity contribution in [2.24, 2.45) is 0 Å². The molecule has 0 aliphatic carbocycles. The molecule has 2 aromatic heterocycles. The number of rotatable bonds is 6. The van der Waals surface area contributed by atoms with Gasteiger partial charge < -0.3 is 14.5 Å². The Morgan fingerprint density at radius 3 is 2.70 bits per heavy atom. The number of ether oxygens (including phenoxy) is 1. The Kier molecular flexibility index (Phi) is 5.08. The minimum absolute atomic E-state index is 0.0986. The van der Waals surface area contributed by atoms with Crippen molar-refractivity contribution in [3.05, 3.63) is 82.0 Å². The molecule has 0 spiro atoms. The van der Waals surface area contributed by atoms with Crippen LogP contribution in [0.1, 0.15) is 15.9 Å². The van der Waals surface area contributed by atoms with Crippen LogP contribution in [-0.4, -0.2) is 27.9 Å². The van der Waals surface area contributed by atoms with Crippen molar-refractivity contribution in [2.75, 3.05) is 7.11 Å². The fourth-order valence-corrected chi connectivity index (χ4v) is 2.92. The Bertz CT molecular complexity index is 1200. The topological polar surface area (TPSA) is 120 Å². The minimum Gasteiger partial charge on any atom is -0.490 e. The fraction of sp³-hybridized carbons (Fsp3) is 0.0952. The van der Waals surface area contributed by atoms with Crippen molar-refractivity contribution in [3.8, 4) is 17.2 Å². The number of aromatic nitrogens is 2. The lowest BCUT2D eigenvalue weighted by molar-refractivity contribution is -0.385. The van der Waals surface area contributed by atoms with Gasteiger partial charge >= 0.3 is 5.69 Å². The first kappa shape index (κ1) is 19.1. The number of amides is 1. The van der Waals surface area contributed by atoms with Gasteiger partial charge in [0.2, 0.25) is 5.89 Å². The molecule has 0 aliphatic heterocycles. The normalized spacial score (nSPS) is 10.7. The number of oxazole rings is 1. The smallest absolute Gasteiger partial charge is 0.311 e. The minimum atomic E-state index is -0.587. The van der Waals surface area contributed by atoms with E-state index in [1.807, 2.05) is 24.3 Å². The van der Waals surface area contributed by atoms with Crippen molar-refractivity contribution in [3.63, 3.8) is 0 Å². The van der Waals surface area contributed by atoms with Crippen molar-refractivity contribution in [2.45, 2.75) is 6.54 Å². The van der Waals surface area contributed by atoms with Crippen LogP contribution in [0.25, 0.3) is 22.7 Å². The van der Waals surface area contributed by atoms with Gasteiger partial charge in [-0.25, -0.2) is 4.98 Å². The van der Waals surface area contributed by atoms with E-state index in [9.17, 15) is 14.9 Å². The number of nitro benzene ring substituents is 1. The molecule has 2 aromatic carbocycles. The van der Waals surface area contributed by atoms with E-state index < -0.39 is 10.8 Å². The number of pyridine rings is 1. The van der Waals surface area contributed by atoms with Crippen molar-refractivity contribution in [1.29, 1.82) is 0 Å². The van der Waals surface area contributed by atoms with Gasteiger partial charge in [0.15, 0.2) is 17.0 Å². The Labute approximate surface area is 170 Å². The number of hydrogen-bond donors (Lipinski definition) is 1. The average Bonchev–Trinajstić information content (AvgIpc) is 3.21. The highest BCUT2D eigenvalue weighted by Crippen LogP contribution is 2.27. The van der Waals surface area contributed by atoms with Crippen molar-refractivity contribution >= 4 is 22.8 Å². The lowest BCUT2D eigenvalue weighted by atomic mass is 10.1.